The monoisotopic (exact) mass is 412 g/mol. The number of fused-ring (bicyclic) bond motifs is 5. The highest BCUT2D eigenvalue weighted by Gasteiger charge is 2.59. The number of allylic oxidation sites excluding steroid dienone is 3. The Morgan fingerprint density at radius 1 is 1.10 bits per heavy atom. The standard InChI is InChI=1S/C29H48O/c1-7-21(19(2)3)9-8-20(4)25-12-13-26-24-11-10-22-18-23(30)14-16-28(22,5)27(24)15-17-29(25,26)6/h7,10,19-20,23-27,30H,8-9,11-18H2,1-6H3/b21-7+/t20?,23-,24-,25+,26-,27-,28-,29+/m0/s1. The molecule has 0 aliphatic heterocycles. The van der Waals surface area contributed by atoms with Gasteiger partial charge in [-0.1, -0.05) is 57.9 Å². The quantitative estimate of drug-likeness (QED) is 0.454. The van der Waals surface area contributed by atoms with E-state index in [4.69, 9.17) is 0 Å². The molecule has 3 fully saturated rings. The molecule has 0 aromatic rings. The summed E-state index contributed by atoms with van der Waals surface area (Å²) in [6, 6.07) is 0. The molecule has 8 atom stereocenters. The zero-order valence-corrected chi connectivity index (χ0v) is 20.7. The van der Waals surface area contributed by atoms with E-state index in [1.807, 2.05) is 0 Å². The van der Waals surface area contributed by atoms with Crippen LogP contribution >= 0.6 is 0 Å². The zero-order chi connectivity index (χ0) is 21.7. The maximum absolute atomic E-state index is 10.2. The normalized spacial score (nSPS) is 44.9. The van der Waals surface area contributed by atoms with Crippen LogP contribution in [0.5, 0.6) is 0 Å². The highest BCUT2D eigenvalue weighted by atomic mass is 16.3. The van der Waals surface area contributed by atoms with Crippen molar-refractivity contribution in [2.24, 2.45) is 46.3 Å². The molecule has 1 nitrogen and oxygen atoms in total. The van der Waals surface area contributed by atoms with Crippen molar-refractivity contribution in [3.8, 4) is 0 Å². The largest absolute Gasteiger partial charge is 0.393 e. The molecule has 0 radical (unpaired) electrons. The van der Waals surface area contributed by atoms with Crippen LogP contribution in [0, 0.1) is 46.3 Å². The maximum atomic E-state index is 10.2. The van der Waals surface area contributed by atoms with E-state index < -0.39 is 0 Å². The Balaban J connectivity index is 1.49. The second kappa shape index (κ2) is 8.42. The van der Waals surface area contributed by atoms with Crippen LogP contribution in [0.15, 0.2) is 23.3 Å². The molecule has 0 saturated heterocycles. The average molecular weight is 413 g/mol. The maximum Gasteiger partial charge on any atom is 0.0577 e. The molecule has 1 heteroatoms. The summed E-state index contributed by atoms with van der Waals surface area (Å²) >= 11 is 0. The fourth-order valence-corrected chi connectivity index (χ4v) is 8.98. The van der Waals surface area contributed by atoms with Gasteiger partial charge in [0.25, 0.3) is 0 Å². The van der Waals surface area contributed by atoms with Crippen molar-refractivity contribution in [3.05, 3.63) is 23.3 Å². The zero-order valence-electron chi connectivity index (χ0n) is 20.7. The van der Waals surface area contributed by atoms with Gasteiger partial charge in [0.15, 0.2) is 0 Å². The van der Waals surface area contributed by atoms with Crippen molar-refractivity contribution in [1.29, 1.82) is 0 Å². The molecule has 0 aromatic carbocycles. The van der Waals surface area contributed by atoms with Gasteiger partial charge in [0, 0.05) is 0 Å². The molecule has 1 N–H and O–H groups in total. The van der Waals surface area contributed by atoms with Gasteiger partial charge in [-0.2, -0.15) is 0 Å². The van der Waals surface area contributed by atoms with Crippen LogP contribution in [0.3, 0.4) is 0 Å². The third kappa shape index (κ3) is 3.66. The molecule has 0 bridgehead atoms. The van der Waals surface area contributed by atoms with Crippen LogP contribution in [-0.4, -0.2) is 11.2 Å². The Hall–Kier alpha value is -0.560. The Morgan fingerprint density at radius 3 is 2.57 bits per heavy atom. The van der Waals surface area contributed by atoms with Gasteiger partial charge in [0.2, 0.25) is 0 Å². The molecule has 1 unspecified atom stereocenters. The summed E-state index contributed by atoms with van der Waals surface area (Å²) in [6.07, 6.45) is 17.8. The summed E-state index contributed by atoms with van der Waals surface area (Å²) in [4.78, 5) is 0. The van der Waals surface area contributed by atoms with Gasteiger partial charge in [-0.15, -0.1) is 0 Å². The third-order valence-electron chi connectivity index (χ3n) is 10.8. The Kier molecular flexibility index (Phi) is 6.35. The lowest BCUT2D eigenvalue weighted by Gasteiger charge is -2.58. The number of rotatable bonds is 5. The molecule has 30 heavy (non-hydrogen) atoms. The fraction of sp³-hybridized carbons (Fsp3) is 0.862. The molecule has 0 heterocycles. The second-order valence-corrected chi connectivity index (χ2v) is 12.4. The highest BCUT2D eigenvalue weighted by molar-refractivity contribution is 5.25. The van der Waals surface area contributed by atoms with Crippen LogP contribution in [0.25, 0.3) is 0 Å². The van der Waals surface area contributed by atoms with E-state index in [9.17, 15) is 5.11 Å². The van der Waals surface area contributed by atoms with E-state index in [2.05, 4.69) is 53.7 Å². The smallest absolute Gasteiger partial charge is 0.0577 e. The number of aliphatic hydroxyl groups excluding tert-OH is 1. The molecule has 0 spiro atoms. The molecule has 4 aliphatic rings. The van der Waals surface area contributed by atoms with Crippen molar-refractivity contribution in [3.63, 3.8) is 0 Å². The Labute approximate surface area is 186 Å². The lowest BCUT2D eigenvalue weighted by molar-refractivity contribution is -0.0571. The first-order valence-corrected chi connectivity index (χ1v) is 13.2. The lowest BCUT2D eigenvalue weighted by atomic mass is 9.47. The van der Waals surface area contributed by atoms with Gasteiger partial charge in [-0.25, -0.2) is 0 Å². The van der Waals surface area contributed by atoms with E-state index in [0.29, 0.717) is 16.7 Å². The summed E-state index contributed by atoms with van der Waals surface area (Å²) in [5.41, 5.74) is 4.21. The van der Waals surface area contributed by atoms with E-state index in [1.54, 1.807) is 11.1 Å². The predicted octanol–water partition coefficient (Wildman–Crippen LogP) is 7.94. The number of hydrogen-bond acceptors (Lipinski definition) is 1. The summed E-state index contributed by atoms with van der Waals surface area (Å²) in [6.45, 7) is 14.7. The van der Waals surface area contributed by atoms with Crippen molar-refractivity contribution < 1.29 is 5.11 Å². The third-order valence-corrected chi connectivity index (χ3v) is 10.8. The summed E-state index contributed by atoms with van der Waals surface area (Å²) in [5.74, 6) is 5.15. The molecule has 0 amide bonds. The Morgan fingerprint density at radius 2 is 1.87 bits per heavy atom. The average Bonchev–Trinajstić information content (AvgIpc) is 3.06. The molecule has 3 saturated carbocycles. The van der Waals surface area contributed by atoms with Crippen LogP contribution in [0.2, 0.25) is 0 Å². The van der Waals surface area contributed by atoms with Crippen LogP contribution in [0.1, 0.15) is 106 Å². The van der Waals surface area contributed by atoms with Gasteiger partial charge >= 0.3 is 0 Å². The number of hydrogen-bond donors (Lipinski definition) is 1. The van der Waals surface area contributed by atoms with Crippen molar-refractivity contribution in [2.45, 2.75) is 112 Å². The van der Waals surface area contributed by atoms with Gasteiger partial charge < -0.3 is 5.11 Å². The SMILES string of the molecule is C/C=C(\CCC(C)[C@H]1CC[C@H]2[C@@H]3CC=C4C[C@@H](O)CC[C@]4(C)[C@H]3CC[C@]12C)C(C)C. The Bertz CT molecular complexity index is 686. The highest BCUT2D eigenvalue weighted by Crippen LogP contribution is 2.67. The first kappa shape index (κ1) is 22.6. The minimum atomic E-state index is -0.0839. The first-order valence-electron chi connectivity index (χ1n) is 13.2. The first-order chi connectivity index (χ1) is 14.2. The van der Waals surface area contributed by atoms with Gasteiger partial charge in [0.05, 0.1) is 6.10 Å². The van der Waals surface area contributed by atoms with E-state index in [0.717, 1.165) is 42.4 Å². The minimum absolute atomic E-state index is 0.0839. The summed E-state index contributed by atoms with van der Waals surface area (Å²) < 4.78 is 0. The van der Waals surface area contributed by atoms with Crippen molar-refractivity contribution in [1.82, 2.24) is 0 Å². The fourth-order valence-electron chi connectivity index (χ4n) is 8.98. The molecular weight excluding hydrogens is 364 g/mol. The van der Waals surface area contributed by atoms with E-state index in [1.165, 1.54) is 51.4 Å². The van der Waals surface area contributed by atoms with Crippen LogP contribution in [0.4, 0.5) is 0 Å². The topological polar surface area (TPSA) is 20.2 Å². The molecule has 4 aliphatic carbocycles. The van der Waals surface area contributed by atoms with Gasteiger partial charge in [-0.3, -0.25) is 0 Å². The van der Waals surface area contributed by atoms with E-state index >= 15 is 0 Å². The van der Waals surface area contributed by atoms with Gasteiger partial charge in [-0.05, 0) is 117 Å². The second-order valence-electron chi connectivity index (χ2n) is 12.4. The molecule has 170 valence electrons. The molecule has 0 aromatic heterocycles. The molecule has 4 rings (SSSR count). The van der Waals surface area contributed by atoms with Gasteiger partial charge in [0.1, 0.15) is 0 Å². The summed E-state index contributed by atoms with van der Waals surface area (Å²) in [7, 11) is 0. The van der Waals surface area contributed by atoms with Crippen molar-refractivity contribution >= 4 is 0 Å². The van der Waals surface area contributed by atoms with Crippen molar-refractivity contribution in [2.75, 3.05) is 0 Å². The minimum Gasteiger partial charge on any atom is -0.393 e. The van der Waals surface area contributed by atoms with Crippen LogP contribution < -0.4 is 0 Å². The number of aliphatic hydroxyl groups is 1. The van der Waals surface area contributed by atoms with Crippen LogP contribution in [-0.2, 0) is 0 Å². The lowest BCUT2D eigenvalue weighted by Crippen LogP contribution is -2.50. The van der Waals surface area contributed by atoms with E-state index in [-0.39, 0.29) is 6.10 Å². The molecular formula is C29H48O. The predicted molar refractivity (Wildman–Crippen MR) is 128 cm³/mol. The summed E-state index contributed by atoms with van der Waals surface area (Å²) in [5, 5.41) is 10.2.